The van der Waals surface area contributed by atoms with Crippen molar-refractivity contribution < 1.29 is 4.79 Å². The number of nitrogens with zero attached hydrogens (tertiary/aromatic N) is 1. The highest BCUT2D eigenvalue weighted by molar-refractivity contribution is 6.20. The second kappa shape index (κ2) is 4.31. The smallest absolute Gasteiger partial charge is 0.159 e. The van der Waals surface area contributed by atoms with E-state index in [1.165, 1.54) is 12.8 Å². The lowest BCUT2D eigenvalue weighted by atomic mass is 9.71. The summed E-state index contributed by atoms with van der Waals surface area (Å²) in [7, 11) is 0. The summed E-state index contributed by atoms with van der Waals surface area (Å²) in [5.74, 6) is 1.64. The summed E-state index contributed by atoms with van der Waals surface area (Å²) >= 11 is 6.29. The minimum atomic E-state index is 0.294. The Balaban J connectivity index is 1.85. The molecule has 2 aliphatic heterocycles. The van der Waals surface area contributed by atoms with Gasteiger partial charge in [-0.15, -0.1) is 11.6 Å². The number of ketones is 1. The summed E-state index contributed by atoms with van der Waals surface area (Å²) in [4.78, 5) is 14.0. The van der Waals surface area contributed by atoms with Crippen LogP contribution in [0.15, 0.2) is 12.3 Å². The van der Waals surface area contributed by atoms with Gasteiger partial charge in [0, 0.05) is 30.1 Å². The van der Waals surface area contributed by atoms with Crippen LogP contribution < -0.4 is 0 Å². The maximum Gasteiger partial charge on any atom is 0.159 e. The third-order valence-corrected chi connectivity index (χ3v) is 5.21. The molecule has 3 aliphatic rings. The van der Waals surface area contributed by atoms with Crippen molar-refractivity contribution in [3.63, 3.8) is 0 Å². The van der Waals surface area contributed by atoms with Gasteiger partial charge in [-0.2, -0.15) is 0 Å². The van der Waals surface area contributed by atoms with E-state index in [-0.39, 0.29) is 0 Å². The predicted octanol–water partition coefficient (Wildman–Crippen LogP) is 2.96. The van der Waals surface area contributed by atoms with E-state index >= 15 is 0 Å². The fourth-order valence-corrected chi connectivity index (χ4v) is 4.34. The molecule has 2 nitrogen and oxygen atoms in total. The Morgan fingerprint density at radius 2 is 2.12 bits per heavy atom. The Kier molecular flexibility index (Phi) is 2.94. The molecule has 3 rings (SSSR count). The summed E-state index contributed by atoms with van der Waals surface area (Å²) in [6.45, 7) is 2.29. The van der Waals surface area contributed by atoms with Crippen LogP contribution in [0.25, 0.3) is 0 Å². The predicted molar refractivity (Wildman–Crippen MR) is 68.9 cm³/mol. The van der Waals surface area contributed by atoms with Gasteiger partial charge in [0.15, 0.2) is 5.78 Å². The monoisotopic (exact) mass is 253 g/mol. The summed E-state index contributed by atoms with van der Waals surface area (Å²) in [6, 6.07) is 1.08. The van der Waals surface area contributed by atoms with Gasteiger partial charge < -0.3 is 4.90 Å². The van der Waals surface area contributed by atoms with Gasteiger partial charge in [-0.3, -0.25) is 4.79 Å². The van der Waals surface area contributed by atoms with E-state index in [0.29, 0.717) is 35.6 Å². The van der Waals surface area contributed by atoms with E-state index in [1.807, 2.05) is 0 Å². The first-order valence-electron chi connectivity index (χ1n) is 6.77. The molecule has 1 saturated heterocycles. The summed E-state index contributed by atoms with van der Waals surface area (Å²) in [6.07, 6.45) is 9.25. The Labute approximate surface area is 108 Å². The molecule has 0 amide bonds. The van der Waals surface area contributed by atoms with Gasteiger partial charge in [-0.25, -0.2) is 0 Å². The minimum Gasteiger partial charge on any atom is -0.370 e. The van der Waals surface area contributed by atoms with Crippen LogP contribution in [0.3, 0.4) is 0 Å². The maximum absolute atomic E-state index is 11.5. The summed E-state index contributed by atoms with van der Waals surface area (Å²) in [5.41, 5.74) is 0. The third kappa shape index (κ3) is 2.01. The van der Waals surface area contributed by atoms with Crippen LogP contribution in [-0.2, 0) is 4.79 Å². The third-order valence-electron chi connectivity index (χ3n) is 4.82. The van der Waals surface area contributed by atoms with Gasteiger partial charge >= 0.3 is 0 Å². The van der Waals surface area contributed by atoms with E-state index in [0.717, 1.165) is 18.8 Å². The SMILES string of the molecule is CC1CC2CC(Cl)CCC2N2C=CC(=O)CC12. The standard InChI is InChI=1S/C14H20ClNO/c1-9-6-10-7-11(15)2-3-13(10)16-5-4-12(17)8-14(9)16/h4-5,9-11,13-14H,2-3,6-8H2,1H3. The zero-order valence-corrected chi connectivity index (χ0v) is 11.1. The summed E-state index contributed by atoms with van der Waals surface area (Å²) in [5, 5.41) is 0.371. The van der Waals surface area contributed by atoms with Crippen LogP contribution in [0, 0.1) is 11.8 Å². The molecule has 1 saturated carbocycles. The van der Waals surface area contributed by atoms with Crippen LogP contribution in [0.5, 0.6) is 0 Å². The molecule has 0 radical (unpaired) electrons. The quantitative estimate of drug-likeness (QED) is 0.619. The first kappa shape index (κ1) is 11.6. The van der Waals surface area contributed by atoms with Crippen molar-refractivity contribution in [2.75, 3.05) is 0 Å². The van der Waals surface area contributed by atoms with Gasteiger partial charge in [0.2, 0.25) is 0 Å². The number of carbonyl (C=O) groups excluding carboxylic acids is 1. The van der Waals surface area contributed by atoms with Crippen molar-refractivity contribution >= 4 is 17.4 Å². The molecule has 1 aliphatic carbocycles. The van der Waals surface area contributed by atoms with Crippen molar-refractivity contribution in [2.45, 2.75) is 56.5 Å². The van der Waals surface area contributed by atoms with E-state index < -0.39 is 0 Å². The zero-order valence-electron chi connectivity index (χ0n) is 10.3. The number of carbonyl (C=O) groups is 1. The second-order valence-electron chi connectivity index (χ2n) is 5.95. The number of rotatable bonds is 0. The van der Waals surface area contributed by atoms with E-state index in [2.05, 4.69) is 18.0 Å². The fourth-order valence-electron chi connectivity index (χ4n) is 3.98. The molecule has 94 valence electrons. The van der Waals surface area contributed by atoms with Gasteiger partial charge in [0.05, 0.1) is 0 Å². The molecule has 17 heavy (non-hydrogen) atoms. The van der Waals surface area contributed by atoms with Crippen LogP contribution in [0.1, 0.15) is 39.0 Å². The van der Waals surface area contributed by atoms with E-state index in [9.17, 15) is 4.79 Å². The number of hydrogen-bond donors (Lipinski definition) is 0. The minimum absolute atomic E-state index is 0.294. The van der Waals surface area contributed by atoms with Crippen molar-refractivity contribution in [1.82, 2.24) is 4.90 Å². The molecule has 0 bridgehead atoms. The molecule has 3 heteroatoms. The first-order valence-corrected chi connectivity index (χ1v) is 7.21. The highest BCUT2D eigenvalue weighted by Crippen LogP contribution is 2.43. The van der Waals surface area contributed by atoms with Crippen LogP contribution in [-0.4, -0.2) is 28.1 Å². The molecular formula is C14H20ClNO. The number of alkyl halides is 1. The molecule has 0 aromatic rings. The largest absolute Gasteiger partial charge is 0.370 e. The number of piperidine rings is 1. The maximum atomic E-state index is 11.5. The molecule has 0 aromatic heterocycles. The van der Waals surface area contributed by atoms with Crippen LogP contribution >= 0.6 is 11.6 Å². The van der Waals surface area contributed by atoms with Gasteiger partial charge in [0.1, 0.15) is 0 Å². The average Bonchev–Trinajstić information content (AvgIpc) is 2.29. The Morgan fingerprint density at radius 1 is 1.29 bits per heavy atom. The number of fused-ring (bicyclic) bond motifs is 3. The number of halogens is 1. The fraction of sp³-hybridized carbons (Fsp3) is 0.786. The lowest BCUT2D eigenvalue weighted by Gasteiger charge is -2.52. The van der Waals surface area contributed by atoms with Crippen molar-refractivity contribution in [3.05, 3.63) is 12.3 Å². The molecule has 2 fully saturated rings. The topological polar surface area (TPSA) is 20.3 Å². The highest BCUT2D eigenvalue weighted by atomic mass is 35.5. The highest BCUT2D eigenvalue weighted by Gasteiger charge is 2.43. The number of allylic oxidation sites excluding steroid dienone is 1. The zero-order chi connectivity index (χ0) is 12.0. The number of hydrogen-bond acceptors (Lipinski definition) is 2. The first-order chi connectivity index (χ1) is 8.15. The molecule has 0 spiro atoms. The lowest BCUT2D eigenvalue weighted by molar-refractivity contribution is -0.118. The lowest BCUT2D eigenvalue weighted by Crippen LogP contribution is -2.55. The molecular weight excluding hydrogens is 234 g/mol. The Bertz CT molecular complexity index is 354. The van der Waals surface area contributed by atoms with Gasteiger partial charge in [0.25, 0.3) is 0 Å². The molecule has 0 aromatic carbocycles. The Morgan fingerprint density at radius 3 is 2.94 bits per heavy atom. The van der Waals surface area contributed by atoms with Crippen LogP contribution in [0.4, 0.5) is 0 Å². The van der Waals surface area contributed by atoms with Crippen molar-refractivity contribution in [2.24, 2.45) is 11.8 Å². The molecule has 5 unspecified atom stereocenters. The normalized spacial score (nSPS) is 45.4. The van der Waals surface area contributed by atoms with Crippen molar-refractivity contribution in [1.29, 1.82) is 0 Å². The average molecular weight is 254 g/mol. The van der Waals surface area contributed by atoms with Gasteiger partial charge in [-0.05, 0) is 43.6 Å². The Hall–Kier alpha value is -0.500. The van der Waals surface area contributed by atoms with Crippen LogP contribution in [0.2, 0.25) is 0 Å². The van der Waals surface area contributed by atoms with Gasteiger partial charge in [-0.1, -0.05) is 6.92 Å². The van der Waals surface area contributed by atoms with E-state index in [1.54, 1.807) is 6.08 Å². The van der Waals surface area contributed by atoms with Crippen molar-refractivity contribution in [3.8, 4) is 0 Å². The molecule has 2 heterocycles. The molecule has 0 N–H and O–H groups in total. The summed E-state index contributed by atoms with van der Waals surface area (Å²) < 4.78 is 0. The second-order valence-corrected chi connectivity index (χ2v) is 6.57. The van der Waals surface area contributed by atoms with E-state index in [4.69, 9.17) is 11.6 Å². The molecule has 5 atom stereocenters.